The molecule has 0 bridgehead atoms. The Bertz CT molecular complexity index is 3110. The largest absolute Gasteiger partial charge is 1.00 e. The first kappa shape index (κ1) is 65.4. The number of benzene rings is 3. The Balaban J connectivity index is 0.00000444. The van der Waals surface area contributed by atoms with Crippen LogP contribution in [0.3, 0.4) is 0 Å². The molecular weight excluding hydrogens is 1070 g/mol. The van der Waals surface area contributed by atoms with Crippen molar-refractivity contribution in [3.8, 4) is 5.75 Å². The third kappa shape index (κ3) is 17.3. The first-order valence-electron chi connectivity index (χ1n) is 22.0. The zero-order chi connectivity index (χ0) is 50.0. The number of hydrogen-bond acceptors (Lipinski definition) is 15. The van der Waals surface area contributed by atoms with Crippen molar-refractivity contribution < 1.29 is 215 Å². The second-order valence-corrected chi connectivity index (χ2v) is 24.2. The maximum atomic E-state index is 12.1. The average molecular weight is 1130 g/mol. The van der Waals surface area contributed by atoms with E-state index in [0.29, 0.717) is 71.2 Å². The minimum Gasteiger partial charge on any atom is -0.748 e. The minimum absolute atomic E-state index is 0. The molecule has 3 aromatic rings. The van der Waals surface area contributed by atoms with Gasteiger partial charge in [-0.25, -0.2) is 33.7 Å². The van der Waals surface area contributed by atoms with Crippen molar-refractivity contribution >= 4 is 57.6 Å². The topological polar surface area (TPSA) is 256 Å². The van der Waals surface area contributed by atoms with Crippen molar-refractivity contribution in [2.45, 2.75) is 93.8 Å². The van der Waals surface area contributed by atoms with Crippen molar-refractivity contribution in [2.75, 3.05) is 42.6 Å². The summed E-state index contributed by atoms with van der Waals surface area (Å²) in [6.07, 6.45) is 9.95. The van der Waals surface area contributed by atoms with Crippen LogP contribution in [-0.2, 0) is 57.7 Å². The van der Waals surface area contributed by atoms with Crippen molar-refractivity contribution in [2.24, 2.45) is 0 Å². The van der Waals surface area contributed by atoms with Gasteiger partial charge in [-0.3, -0.25) is 0 Å². The second-order valence-electron chi connectivity index (χ2n) is 18.4. The summed E-state index contributed by atoms with van der Waals surface area (Å²) in [6, 6.07) is 15.7. The predicted molar refractivity (Wildman–Crippen MR) is 255 cm³/mol. The Hall–Kier alpha value is 0.139. The number of fused-ring (bicyclic) bond motifs is 2. The molecule has 0 spiro atoms. The van der Waals surface area contributed by atoms with Gasteiger partial charge in [0.15, 0.2) is 5.71 Å². The Morgan fingerprint density at radius 3 is 1.94 bits per heavy atom. The Labute approximate surface area is 547 Å². The second kappa shape index (κ2) is 26.7. The van der Waals surface area contributed by atoms with E-state index in [1.54, 1.807) is 0 Å². The van der Waals surface area contributed by atoms with Crippen LogP contribution in [0, 0.1) is 0 Å². The zero-order valence-electron chi connectivity index (χ0n) is 41.6. The summed E-state index contributed by atoms with van der Waals surface area (Å²) in [4.78, 5) is 0.987. The molecule has 2 aliphatic heterocycles. The fraction of sp³-hybridized carbons (Fsp3) is 0.396. The minimum atomic E-state index is -4.82. The molecule has 0 saturated heterocycles. The third-order valence-corrected chi connectivity index (χ3v) is 15.6. The van der Waals surface area contributed by atoms with Crippen LogP contribution in [0.25, 0.3) is 0 Å². The molecule has 1 aliphatic carbocycles. The van der Waals surface area contributed by atoms with Crippen molar-refractivity contribution in [3.63, 3.8) is 0 Å². The Kier molecular flexibility index (Phi) is 24.6. The normalized spacial score (nSPS) is 17.7. The smallest absolute Gasteiger partial charge is 0.748 e. The van der Waals surface area contributed by atoms with Crippen LogP contribution < -0.4 is 169 Å². The van der Waals surface area contributed by atoms with Crippen LogP contribution in [-0.4, -0.2) is 99.9 Å². The number of allylic oxidation sites excluding steroid dienone is 7. The van der Waals surface area contributed by atoms with Gasteiger partial charge < -0.3 is 33.2 Å². The molecule has 6 rings (SSSR count). The number of anilines is 1. The molecule has 0 unspecified atom stereocenters. The zero-order valence-corrected chi connectivity index (χ0v) is 54.2. The average Bonchev–Trinajstić information content (AvgIpc) is 3.57. The molecule has 2 heterocycles. The van der Waals surface area contributed by atoms with Gasteiger partial charge in [0.1, 0.15) is 38.3 Å². The predicted octanol–water partition coefficient (Wildman–Crippen LogP) is -2.86. The van der Waals surface area contributed by atoms with Gasteiger partial charge in [-0.15, -0.1) is 0 Å². The molecule has 0 amide bonds. The van der Waals surface area contributed by atoms with Crippen LogP contribution in [0.5, 0.6) is 5.75 Å². The molecule has 71 heavy (non-hydrogen) atoms. The molecule has 1 N–H and O–H groups in total. The summed E-state index contributed by atoms with van der Waals surface area (Å²) in [6.45, 7) is 14.9. The van der Waals surface area contributed by atoms with E-state index >= 15 is 0 Å². The monoisotopic (exact) mass is 1130 g/mol. The summed E-state index contributed by atoms with van der Waals surface area (Å²) < 4.78 is 151. The van der Waals surface area contributed by atoms with Gasteiger partial charge in [0, 0.05) is 65.5 Å². The number of rotatable bonds is 20. The van der Waals surface area contributed by atoms with Gasteiger partial charge in [-0.2, -0.15) is 4.58 Å². The summed E-state index contributed by atoms with van der Waals surface area (Å²) in [7, 11) is -18.7. The van der Waals surface area contributed by atoms with E-state index in [2.05, 4.69) is 11.9 Å². The van der Waals surface area contributed by atoms with Crippen LogP contribution in [0.15, 0.2) is 130 Å². The number of nitrogens with one attached hydrogen (secondary N) is 1. The SMILES string of the molecule is C=C(C)CNCCc1ccc(OC2=C(/C=C/C3=[N+](CCCS(=O)(=O)[O-])c4ccc(S(=O)(=O)[O-])cc4C3(C)C)CCC/C2=C\C=C2/N(CCCS(=O)(=O)[O-])c3ccc(S(=O)(=O)[O-])cc3C2(C)C)cc1.[K+].[K+].[K+]. The van der Waals surface area contributed by atoms with E-state index in [-0.39, 0.29) is 180 Å². The van der Waals surface area contributed by atoms with Gasteiger partial charge in [0.2, 0.25) is 5.69 Å². The standard InChI is InChI=1S/C48H59N3O13S4.3K/c1-33(2)32-49-25-24-34-12-16-37(17-13-34)64-46-35(14-22-44-47(3,4)40-30-38(67(58,59)60)18-20-42(40)50(44)26-8-28-65(52,53)54)10-7-11-36(46)15-23-45-48(5,6)41-31-39(68(61,62)63)19-21-43(41)51(45)27-9-29-66(55,56)57;;;/h12-23,30-31,49H,1,7-11,24-29,32H2,2-6H3,(H3-,52,53,54,55,56,57,58,59,60,61,62,63);;;/q;3*+1/p-3. The van der Waals surface area contributed by atoms with Crippen molar-refractivity contribution in [1.82, 2.24) is 5.32 Å². The first-order valence-corrected chi connectivity index (χ1v) is 28.0. The van der Waals surface area contributed by atoms with Gasteiger partial charge in [-0.05, 0) is 136 Å². The summed E-state index contributed by atoms with van der Waals surface area (Å²) in [5, 5.41) is 3.35. The Morgan fingerprint density at radius 2 is 1.35 bits per heavy atom. The van der Waals surface area contributed by atoms with Gasteiger partial charge >= 0.3 is 154 Å². The van der Waals surface area contributed by atoms with Gasteiger partial charge in [0.05, 0.1) is 35.4 Å². The molecular formula is C48H56K3N3O13S4. The van der Waals surface area contributed by atoms with E-state index in [1.165, 1.54) is 36.4 Å². The quantitative estimate of drug-likeness (QED) is 0.0393. The Morgan fingerprint density at radius 1 is 0.761 bits per heavy atom. The summed E-state index contributed by atoms with van der Waals surface area (Å²) in [5.41, 5.74) is 5.28. The maximum Gasteiger partial charge on any atom is 1.00 e. The molecule has 16 nitrogen and oxygen atoms in total. The fourth-order valence-corrected chi connectivity index (χ4v) is 10.9. The van der Waals surface area contributed by atoms with Gasteiger partial charge in [0.25, 0.3) is 0 Å². The molecule has 0 aromatic heterocycles. The summed E-state index contributed by atoms with van der Waals surface area (Å²) in [5.74, 6) is -0.195. The molecule has 3 aliphatic rings. The fourth-order valence-electron chi connectivity index (χ4n) is 8.99. The van der Waals surface area contributed by atoms with E-state index in [0.717, 1.165) is 35.2 Å². The molecule has 3 aromatic carbocycles. The van der Waals surface area contributed by atoms with Crippen LogP contribution in [0.4, 0.5) is 11.4 Å². The molecule has 0 atom stereocenters. The number of ether oxygens (including phenoxy) is 1. The van der Waals surface area contributed by atoms with E-state index in [1.807, 2.05) is 92.7 Å². The van der Waals surface area contributed by atoms with E-state index in [4.69, 9.17) is 4.74 Å². The molecule has 0 radical (unpaired) electrons. The molecule has 23 heteroatoms. The van der Waals surface area contributed by atoms with Crippen LogP contribution in [0.2, 0.25) is 0 Å². The molecule has 0 saturated carbocycles. The molecule has 368 valence electrons. The maximum absolute atomic E-state index is 12.1. The van der Waals surface area contributed by atoms with E-state index in [9.17, 15) is 51.9 Å². The summed E-state index contributed by atoms with van der Waals surface area (Å²) >= 11 is 0. The van der Waals surface area contributed by atoms with Crippen LogP contribution >= 0.6 is 0 Å². The van der Waals surface area contributed by atoms with Crippen LogP contribution in [0.1, 0.15) is 83.4 Å². The van der Waals surface area contributed by atoms with Crippen molar-refractivity contribution in [1.29, 1.82) is 0 Å². The van der Waals surface area contributed by atoms with E-state index < -0.39 is 72.6 Å². The first-order chi connectivity index (χ1) is 31.6. The molecule has 0 fully saturated rings. The van der Waals surface area contributed by atoms with Crippen molar-refractivity contribution in [3.05, 3.63) is 136 Å². The van der Waals surface area contributed by atoms with Gasteiger partial charge in [-0.1, -0.05) is 44.2 Å². The number of nitrogens with zero attached hydrogens (tertiary/aromatic N) is 2. The third-order valence-electron chi connectivity index (χ3n) is 12.4. The number of hydrogen-bond donors (Lipinski definition) is 1.